The lowest BCUT2D eigenvalue weighted by Gasteiger charge is -2.11. The first kappa shape index (κ1) is 17.1. The van der Waals surface area contributed by atoms with Crippen LogP contribution in [0.1, 0.15) is 21.6 Å². The molecule has 0 aliphatic rings. The zero-order valence-corrected chi connectivity index (χ0v) is 15.5. The van der Waals surface area contributed by atoms with Gasteiger partial charge >= 0.3 is 0 Å². The first-order valence-corrected chi connectivity index (χ1v) is 8.55. The second kappa shape index (κ2) is 7.44. The van der Waals surface area contributed by atoms with Crippen LogP contribution < -0.4 is 10.6 Å². The van der Waals surface area contributed by atoms with Crippen molar-refractivity contribution in [3.8, 4) is 0 Å². The summed E-state index contributed by atoms with van der Waals surface area (Å²) in [6.07, 6.45) is 1.56. The average molecular weight is 397 g/mol. The quantitative estimate of drug-likeness (QED) is 0.661. The third-order valence-electron chi connectivity index (χ3n) is 3.69. The molecule has 0 spiro atoms. The minimum absolute atomic E-state index is 0.267. The molecule has 126 valence electrons. The highest BCUT2D eigenvalue weighted by molar-refractivity contribution is 9.10. The minimum Gasteiger partial charge on any atom is -0.324 e. The molecule has 25 heavy (non-hydrogen) atoms. The van der Waals surface area contributed by atoms with Gasteiger partial charge in [0.2, 0.25) is 5.95 Å². The fourth-order valence-electron chi connectivity index (χ4n) is 2.43. The molecule has 3 rings (SSSR count). The summed E-state index contributed by atoms with van der Waals surface area (Å²) in [4.78, 5) is 21.0. The fourth-order valence-corrected chi connectivity index (χ4v) is 2.83. The van der Waals surface area contributed by atoms with Crippen LogP contribution in [0, 0.1) is 13.8 Å². The van der Waals surface area contributed by atoms with Crippen molar-refractivity contribution in [2.24, 2.45) is 0 Å². The molecule has 0 radical (unpaired) electrons. The van der Waals surface area contributed by atoms with Crippen LogP contribution in [-0.4, -0.2) is 15.9 Å². The van der Waals surface area contributed by atoms with Gasteiger partial charge in [0.05, 0.1) is 0 Å². The van der Waals surface area contributed by atoms with Gasteiger partial charge in [-0.3, -0.25) is 4.79 Å². The molecule has 0 saturated carbocycles. The Kier molecular flexibility index (Phi) is 5.09. The number of carbonyl (C=O) groups is 1. The van der Waals surface area contributed by atoms with E-state index in [-0.39, 0.29) is 5.91 Å². The first-order chi connectivity index (χ1) is 12.0. The maximum atomic E-state index is 12.5. The number of aryl methyl sites for hydroxylation is 2. The van der Waals surface area contributed by atoms with E-state index in [0.717, 1.165) is 27.0 Å². The zero-order chi connectivity index (χ0) is 17.8. The lowest BCUT2D eigenvalue weighted by atomic mass is 10.1. The van der Waals surface area contributed by atoms with Crippen molar-refractivity contribution in [2.45, 2.75) is 13.8 Å². The SMILES string of the molecule is Cc1cccc(C)c1NC(=O)c1ccnc(Nc2cccc(Br)c2)n1. The van der Waals surface area contributed by atoms with E-state index in [1.54, 1.807) is 12.3 Å². The van der Waals surface area contributed by atoms with Crippen LogP contribution in [-0.2, 0) is 0 Å². The van der Waals surface area contributed by atoms with Crippen molar-refractivity contribution in [3.63, 3.8) is 0 Å². The number of para-hydroxylation sites is 1. The number of amides is 1. The number of benzene rings is 2. The maximum Gasteiger partial charge on any atom is 0.274 e. The molecule has 0 aliphatic carbocycles. The number of nitrogens with zero attached hydrogens (tertiary/aromatic N) is 2. The Bertz CT molecular complexity index is 907. The molecule has 0 fully saturated rings. The summed E-state index contributed by atoms with van der Waals surface area (Å²) in [6, 6.07) is 15.1. The second-order valence-electron chi connectivity index (χ2n) is 5.62. The van der Waals surface area contributed by atoms with Gasteiger partial charge in [-0.1, -0.05) is 40.2 Å². The normalized spacial score (nSPS) is 10.4. The van der Waals surface area contributed by atoms with Crippen molar-refractivity contribution >= 4 is 39.2 Å². The molecule has 0 bridgehead atoms. The van der Waals surface area contributed by atoms with Gasteiger partial charge in [-0.25, -0.2) is 9.97 Å². The Morgan fingerprint density at radius 2 is 1.76 bits per heavy atom. The third kappa shape index (κ3) is 4.22. The van der Waals surface area contributed by atoms with Gasteiger partial charge in [-0.2, -0.15) is 0 Å². The van der Waals surface area contributed by atoms with Gasteiger partial charge in [0.15, 0.2) is 0 Å². The van der Waals surface area contributed by atoms with Crippen LogP contribution >= 0.6 is 15.9 Å². The van der Waals surface area contributed by atoms with Crippen LogP contribution in [0.3, 0.4) is 0 Å². The van der Waals surface area contributed by atoms with E-state index in [9.17, 15) is 4.79 Å². The average Bonchev–Trinajstić information content (AvgIpc) is 2.58. The number of nitrogens with one attached hydrogen (secondary N) is 2. The smallest absolute Gasteiger partial charge is 0.274 e. The topological polar surface area (TPSA) is 66.9 Å². The largest absolute Gasteiger partial charge is 0.324 e. The van der Waals surface area contributed by atoms with E-state index in [0.29, 0.717) is 11.6 Å². The highest BCUT2D eigenvalue weighted by atomic mass is 79.9. The first-order valence-electron chi connectivity index (χ1n) is 7.76. The van der Waals surface area contributed by atoms with Crippen molar-refractivity contribution in [1.29, 1.82) is 0 Å². The molecule has 0 saturated heterocycles. The maximum absolute atomic E-state index is 12.5. The van der Waals surface area contributed by atoms with Gasteiger partial charge in [0.1, 0.15) is 5.69 Å². The Hall–Kier alpha value is -2.73. The lowest BCUT2D eigenvalue weighted by molar-refractivity contribution is 0.102. The molecule has 6 heteroatoms. The van der Waals surface area contributed by atoms with E-state index < -0.39 is 0 Å². The summed E-state index contributed by atoms with van der Waals surface area (Å²) in [7, 11) is 0. The molecule has 1 heterocycles. The minimum atomic E-state index is -0.267. The van der Waals surface area contributed by atoms with Crippen molar-refractivity contribution in [1.82, 2.24) is 9.97 Å². The molecule has 5 nitrogen and oxygen atoms in total. The van der Waals surface area contributed by atoms with Crippen LogP contribution in [0.25, 0.3) is 0 Å². The molecule has 2 aromatic carbocycles. The standard InChI is InChI=1S/C19H17BrN4O/c1-12-5-3-6-13(2)17(12)24-18(25)16-9-10-21-19(23-16)22-15-8-4-7-14(20)11-15/h3-11H,1-2H3,(H,24,25)(H,21,22,23). The Morgan fingerprint density at radius 3 is 2.48 bits per heavy atom. The van der Waals surface area contributed by atoms with Crippen molar-refractivity contribution in [2.75, 3.05) is 10.6 Å². The number of hydrogen-bond donors (Lipinski definition) is 2. The van der Waals surface area contributed by atoms with E-state index >= 15 is 0 Å². The number of carbonyl (C=O) groups excluding carboxylic acids is 1. The van der Waals surface area contributed by atoms with Crippen LogP contribution in [0.2, 0.25) is 0 Å². The third-order valence-corrected chi connectivity index (χ3v) is 4.18. The molecular weight excluding hydrogens is 380 g/mol. The summed E-state index contributed by atoms with van der Waals surface area (Å²) >= 11 is 3.42. The van der Waals surface area contributed by atoms with E-state index in [1.807, 2.05) is 56.3 Å². The van der Waals surface area contributed by atoms with Crippen LogP contribution in [0.4, 0.5) is 17.3 Å². The van der Waals surface area contributed by atoms with Crippen LogP contribution in [0.15, 0.2) is 59.2 Å². The molecule has 3 aromatic rings. The molecule has 2 N–H and O–H groups in total. The predicted octanol–water partition coefficient (Wildman–Crippen LogP) is 4.85. The summed E-state index contributed by atoms with van der Waals surface area (Å²) in [5, 5.41) is 6.02. The monoisotopic (exact) mass is 396 g/mol. The molecule has 1 aromatic heterocycles. The van der Waals surface area contributed by atoms with Crippen molar-refractivity contribution in [3.05, 3.63) is 76.0 Å². The summed E-state index contributed by atoms with van der Waals surface area (Å²) in [5.74, 6) is 0.101. The van der Waals surface area contributed by atoms with Gasteiger partial charge in [0, 0.05) is 22.0 Å². The van der Waals surface area contributed by atoms with Gasteiger partial charge in [-0.05, 0) is 49.2 Å². The highest BCUT2D eigenvalue weighted by Gasteiger charge is 2.12. The lowest BCUT2D eigenvalue weighted by Crippen LogP contribution is -2.16. The zero-order valence-electron chi connectivity index (χ0n) is 13.9. The van der Waals surface area contributed by atoms with E-state index in [1.165, 1.54) is 0 Å². The number of rotatable bonds is 4. The van der Waals surface area contributed by atoms with Gasteiger partial charge in [-0.15, -0.1) is 0 Å². The number of halogens is 1. The van der Waals surface area contributed by atoms with E-state index in [4.69, 9.17) is 0 Å². The summed E-state index contributed by atoms with van der Waals surface area (Å²) < 4.78 is 0.946. The Labute approximate surface area is 154 Å². The van der Waals surface area contributed by atoms with Crippen LogP contribution in [0.5, 0.6) is 0 Å². The second-order valence-corrected chi connectivity index (χ2v) is 6.54. The molecular formula is C19H17BrN4O. The molecule has 0 atom stereocenters. The summed E-state index contributed by atoms with van der Waals surface area (Å²) in [5.41, 5.74) is 3.97. The Balaban J connectivity index is 1.80. The van der Waals surface area contributed by atoms with Gasteiger partial charge in [0.25, 0.3) is 5.91 Å². The van der Waals surface area contributed by atoms with E-state index in [2.05, 4.69) is 36.5 Å². The molecule has 0 unspecified atom stereocenters. The predicted molar refractivity (Wildman–Crippen MR) is 103 cm³/mol. The van der Waals surface area contributed by atoms with Gasteiger partial charge < -0.3 is 10.6 Å². The molecule has 0 aliphatic heterocycles. The Morgan fingerprint density at radius 1 is 1.04 bits per heavy atom. The summed E-state index contributed by atoms with van der Waals surface area (Å²) in [6.45, 7) is 3.92. The number of anilines is 3. The molecule has 1 amide bonds. The number of hydrogen-bond acceptors (Lipinski definition) is 4. The fraction of sp³-hybridized carbons (Fsp3) is 0.105. The van der Waals surface area contributed by atoms with Crippen molar-refractivity contribution < 1.29 is 4.79 Å². The highest BCUT2D eigenvalue weighted by Crippen LogP contribution is 2.21. The number of aromatic nitrogens is 2.